The topological polar surface area (TPSA) is 102 Å². The van der Waals surface area contributed by atoms with E-state index in [1.54, 1.807) is 18.3 Å². The van der Waals surface area contributed by atoms with Crippen molar-refractivity contribution in [2.24, 2.45) is 5.92 Å². The summed E-state index contributed by atoms with van der Waals surface area (Å²) in [5, 5.41) is 3.48. The molecule has 1 atom stereocenters. The van der Waals surface area contributed by atoms with Gasteiger partial charge in [0.05, 0.1) is 22.6 Å². The lowest BCUT2D eigenvalue weighted by atomic mass is 9.96. The molecule has 1 fully saturated rings. The number of aromatic nitrogens is 2. The normalized spacial score (nSPS) is 15.1. The standard InChI is InChI=1S/C23H26N4O4S2/c1-15-21(32-23(25-15)26-20(28)12-16-8-10-31-11-9-16)17-13-19(22(30-2)24-14-17)27-33(29)18-6-4-3-5-7-18/h3-7,13-14,16,27H,8-12H2,1-2H3,(H,25,26,28). The highest BCUT2D eigenvalue weighted by molar-refractivity contribution is 7.86. The van der Waals surface area contributed by atoms with E-state index < -0.39 is 11.0 Å². The minimum atomic E-state index is -1.47. The van der Waals surface area contributed by atoms with Gasteiger partial charge in [-0.1, -0.05) is 29.5 Å². The van der Waals surface area contributed by atoms with Crippen LogP contribution >= 0.6 is 11.3 Å². The number of rotatable bonds is 8. The molecule has 2 N–H and O–H groups in total. The Kier molecular flexibility index (Phi) is 7.69. The minimum Gasteiger partial charge on any atom is -0.480 e. The average Bonchev–Trinajstić information content (AvgIpc) is 3.19. The third-order valence-corrected chi connectivity index (χ3v) is 7.55. The first-order valence-electron chi connectivity index (χ1n) is 10.7. The monoisotopic (exact) mass is 486 g/mol. The van der Waals surface area contributed by atoms with E-state index in [9.17, 15) is 9.00 Å². The van der Waals surface area contributed by atoms with Crippen LogP contribution in [0.5, 0.6) is 5.88 Å². The summed E-state index contributed by atoms with van der Waals surface area (Å²) in [4.78, 5) is 22.9. The molecule has 1 aliphatic heterocycles. The van der Waals surface area contributed by atoms with Gasteiger partial charge >= 0.3 is 0 Å². The molecule has 1 unspecified atom stereocenters. The van der Waals surface area contributed by atoms with Gasteiger partial charge in [0.25, 0.3) is 0 Å². The molecule has 1 aliphatic rings. The van der Waals surface area contributed by atoms with E-state index in [4.69, 9.17) is 9.47 Å². The van der Waals surface area contributed by atoms with Crippen molar-refractivity contribution >= 4 is 39.0 Å². The number of methoxy groups -OCH3 is 1. The second kappa shape index (κ2) is 10.9. The van der Waals surface area contributed by atoms with Gasteiger partial charge in [0.15, 0.2) is 5.13 Å². The van der Waals surface area contributed by atoms with Crippen molar-refractivity contribution in [2.75, 3.05) is 30.4 Å². The number of aryl methyl sites for hydroxylation is 1. The Labute approximate surface area is 199 Å². The zero-order valence-corrected chi connectivity index (χ0v) is 20.1. The van der Waals surface area contributed by atoms with Gasteiger partial charge in [-0.2, -0.15) is 0 Å². The Morgan fingerprint density at radius 2 is 2.03 bits per heavy atom. The molecule has 33 heavy (non-hydrogen) atoms. The van der Waals surface area contributed by atoms with Gasteiger partial charge in [-0.05, 0) is 43.9 Å². The van der Waals surface area contributed by atoms with E-state index >= 15 is 0 Å². The maximum atomic E-state index is 12.7. The molecule has 1 amide bonds. The lowest BCUT2D eigenvalue weighted by molar-refractivity contribution is -0.117. The van der Waals surface area contributed by atoms with Crippen molar-refractivity contribution in [3.05, 3.63) is 48.3 Å². The number of carbonyl (C=O) groups is 1. The summed E-state index contributed by atoms with van der Waals surface area (Å²) in [5.41, 5.74) is 2.09. The van der Waals surface area contributed by atoms with Crippen LogP contribution in [0.1, 0.15) is 25.0 Å². The molecular weight excluding hydrogens is 460 g/mol. The minimum absolute atomic E-state index is 0.0318. The number of anilines is 2. The molecule has 3 heterocycles. The molecule has 1 saturated heterocycles. The molecule has 8 nitrogen and oxygen atoms in total. The number of thiazole rings is 1. The van der Waals surface area contributed by atoms with Gasteiger partial charge < -0.3 is 14.8 Å². The molecule has 174 valence electrons. The summed E-state index contributed by atoms with van der Waals surface area (Å²) in [7, 11) is 0.0455. The van der Waals surface area contributed by atoms with Crippen molar-refractivity contribution in [2.45, 2.75) is 31.1 Å². The second-order valence-corrected chi connectivity index (χ2v) is 9.92. The zero-order valence-electron chi connectivity index (χ0n) is 18.5. The Balaban J connectivity index is 1.50. The first-order valence-corrected chi connectivity index (χ1v) is 12.6. The van der Waals surface area contributed by atoms with Crippen LogP contribution < -0.4 is 14.8 Å². The third-order valence-electron chi connectivity index (χ3n) is 5.32. The summed E-state index contributed by atoms with van der Waals surface area (Å²) < 4.78 is 26.4. The SMILES string of the molecule is COc1ncc(-c2sc(NC(=O)CC3CCOCC3)nc2C)cc1NS(=O)c1ccccc1. The Hall–Kier alpha value is -2.82. The number of hydrogen-bond acceptors (Lipinski definition) is 7. The third kappa shape index (κ3) is 5.95. The maximum Gasteiger partial charge on any atom is 0.238 e. The Bertz CT molecular complexity index is 1130. The van der Waals surface area contributed by atoms with E-state index in [1.165, 1.54) is 18.4 Å². The number of hydrogen-bond donors (Lipinski definition) is 2. The Morgan fingerprint density at radius 3 is 2.76 bits per heavy atom. The number of ether oxygens (including phenoxy) is 2. The van der Waals surface area contributed by atoms with E-state index in [2.05, 4.69) is 20.0 Å². The molecule has 0 radical (unpaired) electrons. The molecule has 1 aromatic carbocycles. The lowest BCUT2D eigenvalue weighted by Crippen LogP contribution is -2.22. The first kappa shape index (κ1) is 23.3. The smallest absolute Gasteiger partial charge is 0.238 e. The molecule has 0 saturated carbocycles. The van der Waals surface area contributed by atoms with Crippen LogP contribution in [0.25, 0.3) is 10.4 Å². The van der Waals surface area contributed by atoms with Crippen molar-refractivity contribution in [3.63, 3.8) is 0 Å². The van der Waals surface area contributed by atoms with Crippen LogP contribution in [0, 0.1) is 12.8 Å². The zero-order chi connectivity index (χ0) is 23.2. The van der Waals surface area contributed by atoms with E-state index in [1.807, 2.05) is 31.2 Å². The molecule has 2 aromatic heterocycles. The van der Waals surface area contributed by atoms with Gasteiger partial charge in [0, 0.05) is 31.4 Å². The van der Waals surface area contributed by atoms with E-state index in [0.717, 1.165) is 29.0 Å². The highest BCUT2D eigenvalue weighted by atomic mass is 32.2. The summed E-state index contributed by atoms with van der Waals surface area (Å²) in [5.74, 6) is 0.662. The number of pyridine rings is 1. The second-order valence-electron chi connectivity index (χ2n) is 7.71. The van der Waals surface area contributed by atoms with Gasteiger partial charge in [-0.25, -0.2) is 14.2 Å². The number of carbonyl (C=O) groups excluding carboxylic acids is 1. The van der Waals surface area contributed by atoms with Crippen molar-refractivity contribution in [1.29, 1.82) is 0 Å². The predicted octanol–water partition coefficient (Wildman–Crippen LogP) is 4.41. The van der Waals surface area contributed by atoms with Gasteiger partial charge in [-0.3, -0.25) is 9.52 Å². The van der Waals surface area contributed by atoms with Gasteiger partial charge in [-0.15, -0.1) is 0 Å². The van der Waals surface area contributed by atoms with Crippen LogP contribution in [0.4, 0.5) is 10.8 Å². The van der Waals surface area contributed by atoms with Crippen LogP contribution in [-0.2, 0) is 20.5 Å². The number of benzene rings is 1. The van der Waals surface area contributed by atoms with Gasteiger partial charge in [0.1, 0.15) is 16.7 Å². The first-order chi connectivity index (χ1) is 16.0. The highest BCUT2D eigenvalue weighted by Crippen LogP contribution is 2.36. The van der Waals surface area contributed by atoms with Crippen molar-refractivity contribution in [1.82, 2.24) is 9.97 Å². The predicted molar refractivity (Wildman–Crippen MR) is 130 cm³/mol. The maximum absolute atomic E-state index is 12.7. The summed E-state index contributed by atoms with van der Waals surface area (Å²) in [6.45, 7) is 3.32. The molecule has 0 aliphatic carbocycles. The summed E-state index contributed by atoms with van der Waals surface area (Å²) >= 11 is 1.39. The quantitative estimate of drug-likeness (QED) is 0.489. The molecule has 0 bridgehead atoms. The van der Waals surface area contributed by atoms with E-state index in [-0.39, 0.29) is 5.91 Å². The lowest BCUT2D eigenvalue weighted by Gasteiger charge is -2.20. The Morgan fingerprint density at radius 1 is 1.27 bits per heavy atom. The van der Waals surface area contributed by atoms with Crippen LogP contribution in [0.3, 0.4) is 0 Å². The molecule has 10 heteroatoms. The van der Waals surface area contributed by atoms with Crippen molar-refractivity contribution in [3.8, 4) is 16.3 Å². The van der Waals surface area contributed by atoms with Crippen molar-refractivity contribution < 1.29 is 18.5 Å². The average molecular weight is 487 g/mol. The van der Waals surface area contributed by atoms with Gasteiger partial charge in [0.2, 0.25) is 11.8 Å². The molecule has 0 spiro atoms. The highest BCUT2D eigenvalue weighted by Gasteiger charge is 2.20. The molecular formula is C23H26N4O4S2. The fourth-order valence-electron chi connectivity index (χ4n) is 3.62. The molecule has 4 rings (SSSR count). The number of nitrogens with zero attached hydrogens (tertiary/aromatic N) is 2. The van der Waals surface area contributed by atoms with Crippen LogP contribution in [0.2, 0.25) is 0 Å². The number of nitrogens with one attached hydrogen (secondary N) is 2. The fraction of sp³-hybridized carbons (Fsp3) is 0.348. The summed E-state index contributed by atoms with van der Waals surface area (Å²) in [6, 6.07) is 10.9. The fourth-order valence-corrected chi connectivity index (χ4v) is 5.45. The molecule has 3 aromatic rings. The largest absolute Gasteiger partial charge is 0.480 e. The van der Waals surface area contributed by atoms with Crippen LogP contribution in [0.15, 0.2) is 47.5 Å². The van der Waals surface area contributed by atoms with Crippen LogP contribution in [-0.4, -0.2) is 40.4 Å². The van der Waals surface area contributed by atoms with E-state index in [0.29, 0.717) is 47.1 Å². The summed E-state index contributed by atoms with van der Waals surface area (Å²) in [6.07, 6.45) is 3.98. The number of amides is 1.